The highest BCUT2D eigenvalue weighted by Gasteiger charge is 2.37. The average Bonchev–Trinajstić information content (AvgIpc) is 3.17. The first-order valence-corrected chi connectivity index (χ1v) is 10.8. The van der Waals surface area contributed by atoms with E-state index in [-0.39, 0.29) is 40.0 Å². The molecule has 0 bridgehead atoms. The minimum Gasteiger partial charge on any atom is -0.300 e. The molecule has 0 saturated heterocycles. The van der Waals surface area contributed by atoms with Crippen LogP contribution in [-0.4, -0.2) is 15.8 Å². The molecule has 0 radical (unpaired) electrons. The molecule has 0 saturated carbocycles. The number of nitrogens with zero attached hydrogens (tertiary/aromatic N) is 2. The van der Waals surface area contributed by atoms with E-state index >= 15 is 0 Å². The summed E-state index contributed by atoms with van der Waals surface area (Å²) >= 11 is 6.16. The summed E-state index contributed by atoms with van der Waals surface area (Å²) in [5.41, 5.74) is 3.89. The second-order valence-electron chi connectivity index (χ2n) is 7.91. The zero-order valence-corrected chi connectivity index (χ0v) is 19.2. The van der Waals surface area contributed by atoms with Gasteiger partial charge in [0.2, 0.25) is 0 Å². The van der Waals surface area contributed by atoms with Crippen molar-refractivity contribution in [2.45, 2.75) is 25.8 Å². The lowest BCUT2D eigenvalue weighted by Crippen LogP contribution is -2.37. The number of alkyl halides is 6. The SMILES string of the molecule is CC1=C(c2ncccc2C(=O)c2ccccc2Cl)NNN1Cc1cc(C(F)(F)F)cc(C(F)(F)F)c1. The van der Waals surface area contributed by atoms with Crippen molar-refractivity contribution in [1.29, 1.82) is 0 Å². The molecule has 36 heavy (non-hydrogen) atoms. The molecular weight excluding hydrogens is 510 g/mol. The number of hydrazine groups is 2. The minimum atomic E-state index is -4.95. The molecule has 1 aliphatic rings. The van der Waals surface area contributed by atoms with Gasteiger partial charge >= 0.3 is 12.4 Å². The van der Waals surface area contributed by atoms with Gasteiger partial charge in [0.25, 0.3) is 0 Å². The van der Waals surface area contributed by atoms with E-state index in [9.17, 15) is 31.1 Å². The van der Waals surface area contributed by atoms with Crippen LogP contribution in [0.2, 0.25) is 5.02 Å². The quantitative estimate of drug-likeness (QED) is 0.305. The molecule has 0 atom stereocenters. The van der Waals surface area contributed by atoms with Crippen LogP contribution in [0.15, 0.2) is 66.5 Å². The highest BCUT2D eigenvalue weighted by Crippen LogP contribution is 2.37. The molecule has 188 valence electrons. The Morgan fingerprint density at radius 2 is 1.56 bits per heavy atom. The number of rotatable bonds is 5. The Labute approximate surface area is 206 Å². The van der Waals surface area contributed by atoms with Gasteiger partial charge in [0, 0.05) is 11.8 Å². The molecule has 1 aliphatic heterocycles. The smallest absolute Gasteiger partial charge is 0.300 e. The van der Waals surface area contributed by atoms with Crippen LogP contribution < -0.4 is 11.0 Å². The van der Waals surface area contributed by atoms with Crippen molar-refractivity contribution in [3.63, 3.8) is 0 Å². The summed E-state index contributed by atoms with van der Waals surface area (Å²) < 4.78 is 79.4. The Balaban J connectivity index is 1.69. The first kappa shape index (κ1) is 25.5. The second-order valence-corrected chi connectivity index (χ2v) is 8.31. The number of ketones is 1. The predicted molar refractivity (Wildman–Crippen MR) is 120 cm³/mol. The van der Waals surface area contributed by atoms with Crippen LogP contribution in [0.25, 0.3) is 5.70 Å². The van der Waals surface area contributed by atoms with Crippen LogP contribution in [0.1, 0.15) is 45.2 Å². The number of hydrogen-bond acceptors (Lipinski definition) is 5. The van der Waals surface area contributed by atoms with E-state index in [1.165, 1.54) is 11.2 Å². The van der Waals surface area contributed by atoms with Crippen molar-refractivity contribution in [1.82, 2.24) is 21.0 Å². The molecule has 0 unspecified atom stereocenters. The van der Waals surface area contributed by atoms with Crippen LogP contribution >= 0.6 is 11.6 Å². The molecule has 2 N–H and O–H groups in total. The van der Waals surface area contributed by atoms with Crippen LogP contribution in [0.3, 0.4) is 0 Å². The summed E-state index contributed by atoms with van der Waals surface area (Å²) in [6, 6.07) is 11.0. The Bertz CT molecular complexity index is 1320. The summed E-state index contributed by atoms with van der Waals surface area (Å²) in [5, 5.41) is 1.57. The van der Waals surface area contributed by atoms with Gasteiger partial charge < -0.3 is 0 Å². The highest BCUT2D eigenvalue weighted by molar-refractivity contribution is 6.35. The maximum absolute atomic E-state index is 13.2. The first-order chi connectivity index (χ1) is 16.9. The molecule has 12 heteroatoms. The van der Waals surface area contributed by atoms with Gasteiger partial charge in [-0.05, 0) is 55.0 Å². The van der Waals surface area contributed by atoms with E-state index in [4.69, 9.17) is 11.6 Å². The zero-order valence-electron chi connectivity index (χ0n) is 18.4. The number of benzene rings is 2. The van der Waals surface area contributed by atoms with E-state index in [0.29, 0.717) is 23.5 Å². The summed E-state index contributed by atoms with van der Waals surface area (Å²) in [6.45, 7) is 1.25. The molecule has 2 aromatic carbocycles. The Morgan fingerprint density at radius 3 is 2.17 bits per heavy atom. The van der Waals surface area contributed by atoms with Crippen molar-refractivity contribution >= 4 is 23.1 Å². The molecule has 0 fully saturated rings. The largest absolute Gasteiger partial charge is 0.416 e. The molecule has 0 spiro atoms. The fourth-order valence-electron chi connectivity index (χ4n) is 3.69. The number of allylic oxidation sites excluding steroid dienone is 1. The molecule has 0 amide bonds. The molecule has 5 nitrogen and oxygen atoms in total. The normalized spacial score (nSPS) is 14.3. The number of halogens is 7. The Kier molecular flexibility index (Phi) is 6.72. The monoisotopic (exact) mass is 526 g/mol. The van der Waals surface area contributed by atoms with Gasteiger partial charge in [-0.1, -0.05) is 23.7 Å². The fraction of sp³-hybridized carbons (Fsp3) is 0.167. The van der Waals surface area contributed by atoms with Crippen LogP contribution in [0.5, 0.6) is 0 Å². The van der Waals surface area contributed by atoms with Crippen molar-refractivity contribution in [2.75, 3.05) is 0 Å². The topological polar surface area (TPSA) is 57.3 Å². The molecule has 4 rings (SSSR count). The number of nitrogens with one attached hydrogen (secondary N) is 2. The van der Waals surface area contributed by atoms with E-state index in [1.807, 2.05) is 0 Å². The van der Waals surface area contributed by atoms with Crippen molar-refractivity contribution in [3.8, 4) is 0 Å². The highest BCUT2D eigenvalue weighted by atomic mass is 35.5. The Hall–Kier alpha value is -3.57. The number of carbonyl (C=O) groups is 1. The maximum Gasteiger partial charge on any atom is 0.416 e. The third-order valence-corrected chi connectivity index (χ3v) is 5.81. The number of carbonyl (C=O) groups excluding carboxylic acids is 1. The number of aromatic nitrogens is 1. The molecule has 2 heterocycles. The fourth-order valence-corrected chi connectivity index (χ4v) is 3.91. The maximum atomic E-state index is 13.2. The molecule has 3 aromatic rings. The molecule has 0 aliphatic carbocycles. The lowest BCUT2D eigenvalue weighted by molar-refractivity contribution is -0.143. The van der Waals surface area contributed by atoms with E-state index in [1.54, 1.807) is 43.3 Å². The van der Waals surface area contributed by atoms with Gasteiger partial charge in [-0.2, -0.15) is 26.3 Å². The summed E-state index contributed by atoms with van der Waals surface area (Å²) in [7, 11) is 0. The summed E-state index contributed by atoms with van der Waals surface area (Å²) in [6.07, 6.45) is -8.46. The van der Waals surface area contributed by atoms with Crippen LogP contribution in [-0.2, 0) is 18.9 Å². The average molecular weight is 527 g/mol. The van der Waals surface area contributed by atoms with Gasteiger partial charge in [-0.3, -0.25) is 20.2 Å². The summed E-state index contributed by atoms with van der Waals surface area (Å²) in [4.78, 5) is 17.4. The second kappa shape index (κ2) is 9.47. The molecular formula is C24H17ClF6N4O. The van der Waals surface area contributed by atoms with Gasteiger partial charge in [0.1, 0.15) is 5.69 Å². The van der Waals surface area contributed by atoms with Gasteiger partial charge in [-0.15, -0.1) is 5.53 Å². The van der Waals surface area contributed by atoms with Crippen LogP contribution in [0.4, 0.5) is 26.3 Å². The first-order valence-electron chi connectivity index (χ1n) is 10.4. The third-order valence-electron chi connectivity index (χ3n) is 5.48. The van der Waals surface area contributed by atoms with Gasteiger partial charge in [-0.25, -0.2) is 0 Å². The molecule has 1 aromatic heterocycles. The van der Waals surface area contributed by atoms with E-state index in [2.05, 4.69) is 15.9 Å². The lowest BCUT2D eigenvalue weighted by atomic mass is 10.00. The van der Waals surface area contributed by atoms with Crippen molar-refractivity contribution in [2.24, 2.45) is 0 Å². The van der Waals surface area contributed by atoms with Crippen molar-refractivity contribution < 1.29 is 31.1 Å². The summed E-state index contributed by atoms with van der Waals surface area (Å²) in [5.74, 6) is -0.406. The standard InChI is InChI=1S/C24H17ClF6N4O/c1-13-20(21-18(6-4-8-32-21)22(36)17-5-2-3-7-19(17)25)33-34-35(13)12-14-9-15(23(26,27)28)11-16(10-14)24(29,30)31/h2-11,33-34H,12H2,1H3. The van der Waals surface area contributed by atoms with E-state index < -0.39 is 29.3 Å². The van der Waals surface area contributed by atoms with E-state index in [0.717, 1.165) is 0 Å². The Morgan fingerprint density at radius 1 is 0.944 bits per heavy atom. The van der Waals surface area contributed by atoms with Gasteiger partial charge in [0.05, 0.1) is 39.7 Å². The number of pyridine rings is 1. The van der Waals surface area contributed by atoms with Gasteiger partial charge in [0.15, 0.2) is 5.78 Å². The zero-order chi connectivity index (χ0) is 26.3. The number of hydrogen-bond donors (Lipinski definition) is 2. The minimum absolute atomic E-state index is 0.0772. The predicted octanol–water partition coefficient (Wildman–Crippen LogP) is 6.22. The third kappa shape index (κ3) is 5.17. The van der Waals surface area contributed by atoms with Crippen molar-refractivity contribution in [3.05, 3.63) is 105 Å². The lowest BCUT2D eigenvalue weighted by Gasteiger charge is -2.21. The van der Waals surface area contributed by atoms with Crippen LogP contribution in [0, 0.1) is 0 Å².